The Morgan fingerprint density at radius 3 is 2.08 bits per heavy atom. The molecule has 5 aromatic rings. The molecule has 2 unspecified atom stereocenters. The molecule has 4 saturated carbocycles. The lowest BCUT2D eigenvalue weighted by molar-refractivity contribution is -0.249. The molecule has 4 fully saturated rings. The van der Waals surface area contributed by atoms with E-state index in [9.17, 15) is 4.79 Å². The van der Waals surface area contributed by atoms with E-state index in [1.54, 1.807) is 7.11 Å². The van der Waals surface area contributed by atoms with Gasteiger partial charge in [0.15, 0.2) is 5.69 Å². The molecule has 346 valence electrons. The number of hydrogen-bond acceptors (Lipinski definition) is 8. The fourth-order valence-corrected chi connectivity index (χ4v) is 17.8. The number of carbonyl (C=O) groups is 1. The summed E-state index contributed by atoms with van der Waals surface area (Å²) < 4.78 is 28.0. The molecule has 4 aliphatic rings. The topological polar surface area (TPSA) is 96.7 Å². The number of methoxy groups -OCH3 is 1. The molecule has 2 heterocycles. The van der Waals surface area contributed by atoms with Crippen LogP contribution in [0.25, 0.3) is 11.1 Å². The van der Waals surface area contributed by atoms with Crippen molar-refractivity contribution < 1.29 is 23.4 Å². The Bertz CT molecular complexity index is 2340. The predicted octanol–water partition coefficient (Wildman–Crippen LogP) is 11.2. The van der Waals surface area contributed by atoms with Crippen molar-refractivity contribution in [3.63, 3.8) is 0 Å². The minimum absolute atomic E-state index is 0.0147. The van der Waals surface area contributed by atoms with Crippen LogP contribution in [0.15, 0.2) is 103 Å². The summed E-state index contributed by atoms with van der Waals surface area (Å²) in [4.78, 5) is 18.9. The highest BCUT2D eigenvalue weighted by Crippen LogP contribution is 2.72. The lowest BCUT2D eigenvalue weighted by atomic mass is 9.39. The molecule has 4 bridgehead atoms. The molecular formula is C54H69ClN4O5Si. The average Bonchev–Trinajstić information content (AvgIpc) is 3.62. The number of pyridine rings is 1. The fraction of sp³-hybridized carbons (Fsp3) is 0.500. The quantitative estimate of drug-likeness (QED) is 0.0357. The van der Waals surface area contributed by atoms with Gasteiger partial charge in [-0.15, -0.1) is 11.6 Å². The monoisotopic (exact) mass is 916 g/mol. The molecule has 2 aromatic heterocycles. The maximum Gasteiger partial charge on any atom is 0.358 e. The summed E-state index contributed by atoms with van der Waals surface area (Å²) in [5.41, 5.74) is 3.88. The van der Waals surface area contributed by atoms with Crippen LogP contribution in [0.1, 0.15) is 114 Å². The number of halogens is 1. The van der Waals surface area contributed by atoms with Gasteiger partial charge in [0.2, 0.25) is 0 Å². The Morgan fingerprint density at radius 2 is 1.46 bits per heavy atom. The molecule has 4 aliphatic carbocycles. The predicted molar refractivity (Wildman–Crippen MR) is 264 cm³/mol. The minimum atomic E-state index is -2.69. The zero-order valence-corrected chi connectivity index (χ0v) is 41.4. The van der Waals surface area contributed by atoms with Gasteiger partial charge in [-0.1, -0.05) is 114 Å². The molecule has 65 heavy (non-hydrogen) atoms. The third-order valence-corrected chi connectivity index (χ3v) is 19.8. The SMILES string of the molecule is COc1ccc(COC(=O)c2nc(NCCCCCCl)ccc2-c2cnn(CC34CC5(C)CC(C)(C3)CC(OCCO[Si](c3ccccc3)(c3ccccc3)C(C)(C)C)(C5)C4)c2C)cc1. The van der Waals surface area contributed by atoms with Gasteiger partial charge in [-0.3, -0.25) is 4.68 Å². The van der Waals surface area contributed by atoms with E-state index in [2.05, 4.69) is 112 Å². The molecule has 0 amide bonds. The summed E-state index contributed by atoms with van der Waals surface area (Å²) in [5.74, 6) is 1.56. The molecule has 0 radical (unpaired) electrons. The number of benzene rings is 3. The number of alkyl halides is 1. The molecular weight excluding hydrogens is 848 g/mol. The second kappa shape index (κ2) is 19.0. The third kappa shape index (κ3) is 9.97. The lowest BCUT2D eigenvalue weighted by Crippen LogP contribution is -2.67. The van der Waals surface area contributed by atoms with Crippen LogP contribution in [0.2, 0.25) is 5.04 Å². The van der Waals surface area contributed by atoms with E-state index in [1.807, 2.05) is 42.6 Å². The smallest absolute Gasteiger partial charge is 0.358 e. The van der Waals surface area contributed by atoms with Crippen LogP contribution >= 0.6 is 11.6 Å². The number of aromatic nitrogens is 3. The van der Waals surface area contributed by atoms with E-state index in [4.69, 9.17) is 40.3 Å². The molecule has 9 nitrogen and oxygen atoms in total. The van der Waals surface area contributed by atoms with Gasteiger partial charge in [-0.05, 0) is 120 Å². The highest BCUT2D eigenvalue weighted by atomic mass is 35.5. The van der Waals surface area contributed by atoms with Crippen LogP contribution in [0.3, 0.4) is 0 Å². The third-order valence-electron chi connectivity index (χ3n) is 14.5. The van der Waals surface area contributed by atoms with Gasteiger partial charge in [0.1, 0.15) is 18.2 Å². The molecule has 0 spiro atoms. The first-order chi connectivity index (χ1) is 31.1. The molecule has 2 atom stereocenters. The van der Waals surface area contributed by atoms with Crippen LogP contribution in [0.4, 0.5) is 5.82 Å². The summed E-state index contributed by atoms with van der Waals surface area (Å²) in [5, 5.41) is 11.0. The highest BCUT2D eigenvalue weighted by Gasteiger charge is 2.66. The maximum absolute atomic E-state index is 14.0. The zero-order valence-electron chi connectivity index (χ0n) is 39.7. The van der Waals surface area contributed by atoms with Gasteiger partial charge < -0.3 is 24.0 Å². The standard InChI is InChI=1S/C54H69ClN4O5Si/c1-40-46(45-25-26-47(56-28-16-10-15-27-55)58-48(45)49(60)62-32-41-21-23-42(61-7)24-22-41)31-57-59(40)39-53-34-51(5)33-52(6,35-53)37-54(36-51,38-53)63-29-30-64-65(50(2,3)4,43-17-11-8-12-18-43)44-19-13-9-14-20-44/h8-9,11-14,17-26,31H,10,15-16,27-30,32-39H2,1-7H3,(H,56,58). The zero-order chi connectivity index (χ0) is 45.9. The van der Waals surface area contributed by atoms with Crippen molar-refractivity contribution in [2.45, 2.75) is 123 Å². The molecule has 3 aromatic carbocycles. The minimum Gasteiger partial charge on any atom is -0.497 e. The lowest BCUT2D eigenvalue weighted by Gasteiger charge is -2.69. The van der Waals surface area contributed by atoms with Gasteiger partial charge in [-0.2, -0.15) is 5.10 Å². The van der Waals surface area contributed by atoms with E-state index >= 15 is 0 Å². The summed E-state index contributed by atoms with van der Waals surface area (Å²) in [6.07, 6.45) is 11.5. The second-order valence-electron chi connectivity index (χ2n) is 21.2. The van der Waals surface area contributed by atoms with Crippen LogP contribution in [-0.4, -0.2) is 67.4 Å². The van der Waals surface area contributed by atoms with Crippen molar-refractivity contribution in [2.75, 3.05) is 38.1 Å². The number of unbranched alkanes of at least 4 members (excludes halogenated alkanes) is 2. The Balaban J connectivity index is 1.02. The first-order valence-corrected chi connectivity index (χ1v) is 26.1. The number of rotatable bonds is 20. The maximum atomic E-state index is 14.0. The van der Waals surface area contributed by atoms with Crippen molar-refractivity contribution in [2.24, 2.45) is 16.2 Å². The van der Waals surface area contributed by atoms with Gasteiger partial charge >= 0.3 is 5.97 Å². The van der Waals surface area contributed by atoms with Crippen LogP contribution in [-0.2, 0) is 27.1 Å². The number of carbonyl (C=O) groups excluding carboxylic acids is 1. The van der Waals surface area contributed by atoms with E-state index < -0.39 is 14.3 Å². The summed E-state index contributed by atoms with van der Waals surface area (Å²) in [7, 11) is -1.05. The van der Waals surface area contributed by atoms with Gasteiger partial charge in [0.25, 0.3) is 8.32 Å². The molecule has 1 N–H and O–H groups in total. The van der Waals surface area contributed by atoms with Crippen molar-refractivity contribution in [3.8, 4) is 16.9 Å². The number of nitrogens with zero attached hydrogens (tertiary/aromatic N) is 3. The number of ether oxygens (including phenoxy) is 3. The average molecular weight is 918 g/mol. The van der Waals surface area contributed by atoms with Crippen molar-refractivity contribution >= 4 is 42.1 Å². The van der Waals surface area contributed by atoms with Crippen LogP contribution < -0.4 is 20.4 Å². The second-order valence-corrected chi connectivity index (χ2v) is 25.9. The van der Waals surface area contributed by atoms with E-state index in [1.165, 1.54) is 16.8 Å². The Morgan fingerprint density at radius 1 is 0.800 bits per heavy atom. The molecule has 9 rings (SSSR count). The first-order valence-electron chi connectivity index (χ1n) is 23.7. The summed E-state index contributed by atoms with van der Waals surface area (Å²) >= 11 is 5.91. The van der Waals surface area contributed by atoms with Crippen molar-refractivity contribution in [1.82, 2.24) is 14.8 Å². The normalized spacial score (nSPS) is 23.7. The number of nitrogens with one attached hydrogen (secondary N) is 1. The first kappa shape index (κ1) is 47.0. The van der Waals surface area contributed by atoms with E-state index in [0.29, 0.717) is 30.5 Å². The van der Waals surface area contributed by atoms with Crippen molar-refractivity contribution in [1.29, 1.82) is 0 Å². The van der Waals surface area contributed by atoms with E-state index in [-0.39, 0.29) is 39.2 Å². The summed E-state index contributed by atoms with van der Waals surface area (Å²) in [6, 6.07) is 33.2. The Labute approximate surface area is 393 Å². The Hall–Kier alpha value is -4.48. The highest BCUT2D eigenvalue weighted by molar-refractivity contribution is 6.99. The van der Waals surface area contributed by atoms with E-state index in [0.717, 1.165) is 87.0 Å². The number of esters is 1. The molecule has 0 saturated heterocycles. The van der Waals surface area contributed by atoms with Crippen molar-refractivity contribution in [3.05, 3.63) is 120 Å². The summed E-state index contributed by atoms with van der Waals surface area (Å²) in [6.45, 7) is 16.9. The molecule has 11 heteroatoms. The van der Waals surface area contributed by atoms with Crippen LogP contribution in [0, 0.1) is 23.2 Å². The van der Waals surface area contributed by atoms with Gasteiger partial charge in [0.05, 0.1) is 32.1 Å². The largest absolute Gasteiger partial charge is 0.497 e. The molecule has 0 aliphatic heterocycles. The number of hydrogen-bond donors (Lipinski definition) is 1. The van der Waals surface area contributed by atoms with Gasteiger partial charge in [-0.25, -0.2) is 9.78 Å². The number of anilines is 1. The van der Waals surface area contributed by atoms with Gasteiger partial charge in [0, 0.05) is 35.8 Å². The Kier molecular flexibility index (Phi) is 13.8. The van der Waals surface area contributed by atoms with Crippen LogP contribution in [0.5, 0.6) is 5.75 Å². The fourth-order valence-electron chi connectivity index (χ4n) is 13.0.